The number of carbonyl (C=O) groups is 2. The van der Waals surface area contributed by atoms with E-state index in [9.17, 15) is 9.59 Å². The SMILES string of the molecule is Cc1ccc(C(=O)N2CCC(NC(=O)N(C)CCc3ccccc3)C2)c(Cl)n1. The topological polar surface area (TPSA) is 65.5 Å². The van der Waals surface area contributed by atoms with E-state index in [-0.39, 0.29) is 23.1 Å². The van der Waals surface area contributed by atoms with E-state index in [1.807, 2.05) is 25.1 Å². The maximum atomic E-state index is 12.7. The summed E-state index contributed by atoms with van der Waals surface area (Å²) in [6.07, 6.45) is 1.53. The lowest BCUT2D eigenvalue weighted by Crippen LogP contribution is -2.45. The molecule has 0 saturated carbocycles. The molecule has 1 aliphatic heterocycles. The Bertz CT molecular complexity index is 844. The van der Waals surface area contributed by atoms with Crippen LogP contribution in [0.2, 0.25) is 5.15 Å². The summed E-state index contributed by atoms with van der Waals surface area (Å²) >= 11 is 6.12. The second kappa shape index (κ2) is 9.06. The van der Waals surface area contributed by atoms with Gasteiger partial charge in [-0.2, -0.15) is 0 Å². The molecule has 0 bridgehead atoms. The number of halogens is 1. The van der Waals surface area contributed by atoms with Crippen molar-refractivity contribution in [3.05, 3.63) is 64.4 Å². The molecule has 7 heteroatoms. The van der Waals surface area contributed by atoms with Crippen LogP contribution in [0, 0.1) is 6.92 Å². The standard InChI is InChI=1S/C21H25ClN4O2/c1-15-8-9-18(19(22)23-15)20(27)26-13-11-17(14-26)24-21(28)25(2)12-10-16-6-4-3-5-7-16/h3-9,17H,10-14H2,1-2H3,(H,24,28). The Morgan fingerprint density at radius 1 is 1.25 bits per heavy atom. The highest BCUT2D eigenvalue weighted by atomic mass is 35.5. The van der Waals surface area contributed by atoms with Crippen molar-refractivity contribution < 1.29 is 9.59 Å². The second-order valence-electron chi connectivity index (χ2n) is 7.13. The summed E-state index contributed by atoms with van der Waals surface area (Å²) in [7, 11) is 1.79. The average molecular weight is 401 g/mol. The summed E-state index contributed by atoms with van der Waals surface area (Å²) in [6.45, 7) is 3.52. The number of benzene rings is 1. The van der Waals surface area contributed by atoms with Gasteiger partial charge in [0.05, 0.1) is 5.56 Å². The lowest BCUT2D eigenvalue weighted by molar-refractivity contribution is 0.0788. The van der Waals surface area contributed by atoms with Crippen molar-refractivity contribution >= 4 is 23.5 Å². The normalized spacial score (nSPS) is 16.1. The number of likely N-dealkylation sites (tertiary alicyclic amines) is 1. The number of urea groups is 1. The average Bonchev–Trinajstić information content (AvgIpc) is 3.15. The summed E-state index contributed by atoms with van der Waals surface area (Å²) in [4.78, 5) is 32.7. The predicted molar refractivity (Wildman–Crippen MR) is 110 cm³/mol. The molecule has 1 aliphatic rings. The fourth-order valence-corrected chi connectivity index (χ4v) is 3.52. The maximum absolute atomic E-state index is 12.7. The third-order valence-corrected chi connectivity index (χ3v) is 5.23. The molecule has 1 atom stereocenters. The summed E-state index contributed by atoms with van der Waals surface area (Å²) in [6, 6.07) is 13.4. The van der Waals surface area contributed by atoms with Gasteiger partial charge in [-0.25, -0.2) is 9.78 Å². The van der Waals surface area contributed by atoms with Gasteiger partial charge in [-0.05, 0) is 37.5 Å². The summed E-state index contributed by atoms with van der Waals surface area (Å²) in [5.41, 5.74) is 2.37. The molecule has 1 saturated heterocycles. The van der Waals surface area contributed by atoms with Gasteiger partial charge in [0.2, 0.25) is 0 Å². The first-order chi connectivity index (χ1) is 13.4. The zero-order valence-electron chi connectivity index (χ0n) is 16.2. The van der Waals surface area contributed by atoms with Gasteiger partial charge < -0.3 is 15.1 Å². The van der Waals surface area contributed by atoms with Crippen molar-refractivity contribution in [3.8, 4) is 0 Å². The molecule has 1 unspecified atom stereocenters. The number of aromatic nitrogens is 1. The minimum Gasteiger partial charge on any atom is -0.336 e. The first-order valence-corrected chi connectivity index (χ1v) is 9.80. The molecule has 28 heavy (non-hydrogen) atoms. The molecular formula is C21H25ClN4O2. The van der Waals surface area contributed by atoms with Gasteiger partial charge in [0.1, 0.15) is 5.15 Å². The second-order valence-corrected chi connectivity index (χ2v) is 7.49. The van der Waals surface area contributed by atoms with Gasteiger partial charge in [0.25, 0.3) is 5.91 Å². The number of carbonyl (C=O) groups excluding carboxylic acids is 2. The van der Waals surface area contributed by atoms with Crippen molar-refractivity contribution in [2.75, 3.05) is 26.7 Å². The number of amides is 3. The van der Waals surface area contributed by atoms with Crippen LogP contribution in [0.3, 0.4) is 0 Å². The van der Waals surface area contributed by atoms with E-state index in [2.05, 4.69) is 22.4 Å². The van der Waals surface area contributed by atoms with Crippen molar-refractivity contribution in [3.63, 3.8) is 0 Å². The van der Waals surface area contributed by atoms with Crippen LogP contribution in [0.5, 0.6) is 0 Å². The first kappa shape index (κ1) is 20.1. The number of pyridine rings is 1. The van der Waals surface area contributed by atoms with Crippen LogP contribution in [0.1, 0.15) is 28.0 Å². The predicted octanol–water partition coefficient (Wildman–Crippen LogP) is 3.14. The molecule has 3 rings (SSSR count). The third kappa shape index (κ3) is 5.01. The highest BCUT2D eigenvalue weighted by molar-refractivity contribution is 6.32. The lowest BCUT2D eigenvalue weighted by atomic mass is 10.1. The number of likely N-dealkylation sites (N-methyl/N-ethyl adjacent to an activating group) is 1. The molecule has 1 aromatic heterocycles. The van der Waals surface area contributed by atoms with Gasteiger partial charge in [0, 0.05) is 38.4 Å². The van der Waals surface area contributed by atoms with Gasteiger partial charge in [-0.15, -0.1) is 0 Å². The van der Waals surface area contributed by atoms with E-state index in [0.717, 1.165) is 18.5 Å². The Hall–Kier alpha value is -2.60. The molecule has 3 amide bonds. The van der Waals surface area contributed by atoms with Crippen LogP contribution in [0.25, 0.3) is 0 Å². The quantitative estimate of drug-likeness (QED) is 0.784. The number of rotatable bonds is 5. The zero-order valence-corrected chi connectivity index (χ0v) is 16.9. The van der Waals surface area contributed by atoms with Crippen molar-refractivity contribution in [2.45, 2.75) is 25.8 Å². The summed E-state index contributed by atoms with van der Waals surface area (Å²) in [5.74, 6) is -0.147. The zero-order chi connectivity index (χ0) is 20.1. The Balaban J connectivity index is 1.49. The van der Waals surface area contributed by atoms with Gasteiger partial charge in [0.15, 0.2) is 0 Å². The highest BCUT2D eigenvalue weighted by Gasteiger charge is 2.29. The molecule has 1 aromatic carbocycles. The Morgan fingerprint density at radius 3 is 2.71 bits per heavy atom. The number of nitrogens with one attached hydrogen (secondary N) is 1. The third-order valence-electron chi connectivity index (χ3n) is 4.95. The molecule has 148 valence electrons. The Labute approximate surface area is 170 Å². The van der Waals surface area contributed by atoms with Crippen LogP contribution in [-0.4, -0.2) is 59.4 Å². The Kier molecular flexibility index (Phi) is 6.52. The van der Waals surface area contributed by atoms with Crippen LogP contribution in [0.4, 0.5) is 4.79 Å². The monoisotopic (exact) mass is 400 g/mol. The highest BCUT2D eigenvalue weighted by Crippen LogP contribution is 2.19. The van der Waals surface area contributed by atoms with Crippen molar-refractivity contribution in [1.82, 2.24) is 20.1 Å². The van der Waals surface area contributed by atoms with E-state index < -0.39 is 0 Å². The molecule has 0 radical (unpaired) electrons. The van der Waals surface area contributed by atoms with Crippen molar-refractivity contribution in [2.24, 2.45) is 0 Å². The molecular weight excluding hydrogens is 376 g/mol. The number of nitrogens with zero attached hydrogens (tertiary/aromatic N) is 3. The van der Waals surface area contributed by atoms with E-state index in [1.54, 1.807) is 29.0 Å². The summed E-state index contributed by atoms with van der Waals surface area (Å²) in [5, 5.41) is 3.24. The van der Waals surface area contributed by atoms with E-state index in [1.165, 1.54) is 5.56 Å². The van der Waals surface area contributed by atoms with E-state index >= 15 is 0 Å². The maximum Gasteiger partial charge on any atom is 0.317 e. The van der Waals surface area contributed by atoms with Crippen LogP contribution in [-0.2, 0) is 6.42 Å². The minimum absolute atomic E-state index is 0.0622. The van der Waals surface area contributed by atoms with Crippen LogP contribution >= 0.6 is 11.6 Å². The van der Waals surface area contributed by atoms with Gasteiger partial charge in [-0.1, -0.05) is 41.9 Å². The number of aryl methyl sites for hydroxylation is 1. The molecule has 2 heterocycles. The molecule has 1 fully saturated rings. The van der Waals surface area contributed by atoms with E-state index in [4.69, 9.17) is 11.6 Å². The lowest BCUT2D eigenvalue weighted by Gasteiger charge is -2.22. The summed E-state index contributed by atoms with van der Waals surface area (Å²) < 4.78 is 0. The molecule has 0 aliphatic carbocycles. The van der Waals surface area contributed by atoms with E-state index in [0.29, 0.717) is 25.2 Å². The first-order valence-electron chi connectivity index (χ1n) is 9.42. The largest absolute Gasteiger partial charge is 0.336 e. The van der Waals surface area contributed by atoms with Crippen LogP contribution < -0.4 is 5.32 Å². The number of hydrogen-bond acceptors (Lipinski definition) is 3. The number of hydrogen-bond donors (Lipinski definition) is 1. The minimum atomic E-state index is -0.147. The molecule has 0 spiro atoms. The van der Waals surface area contributed by atoms with Gasteiger partial charge in [-0.3, -0.25) is 4.79 Å². The van der Waals surface area contributed by atoms with Gasteiger partial charge >= 0.3 is 6.03 Å². The molecule has 1 N–H and O–H groups in total. The van der Waals surface area contributed by atoms with Crippen molar-refractivity contribution in [1.29, 1.82) is 0 Å². The van der Waals surface area contributed by atoms with Crippen LogP contribution in [0.15, 0.2) is 42.5 Å². The smallest absolute Gasteiger partial charge is 0.317 e. The Morgan fingerprint density at radius 2 is 2.00 bits per heavy atom. The fourth-order valence-electron chi connectivity index (χ4n) is 3.25. The molecule has 6 nitrogen and oxygen atoms in total. The molecule has 2 aromatic rings. The fraction of sp³-hybridized carbons (Fsp3) is 0.381.